The molecule has 1 aromatic heterocycles. The molecule has 2 rings (SSSR count). The van der Waals surface area contributed by atoms with E-state index in [2.05, 4.69) is 32.4 Å². The largest absolute Gasteiger partial charge is 0.381 e. The Morgan fingerprint density at radius 3 is 3.12 bits per heavy atom. The molecule has 4 nitrogen and oxygen atoms in total. The Balaban J connectivity index is 1.98. The number of rotatable bonds is 4. The van der Waals surface area contributed by atoms with Crippen LogP contribution in [0.5, 0.6) is 0 Å². The number of nitrogens with zero attached hydrogens (tertiary/aromatic N) is 1. The molecule has 1 aromatic rings. The normalized spacial score (nSPS) is 22.4. The molecule has 1 fully saturated rings. The zero-order valence-corrected chi connectivity index (χ0v) is 11.3. The second-order valence-electron chi connectivity index (χ2n) is 4.47. The summed E-state index contributed by atoms with van der Waals surface area (Å²) in [6.07, 6.45) is 6.86. The second kappa shape index (κ2) is 6.44. The van der Waals surface area contributed by atoms with Gasteiger partial charge in [0.05, 0.1) is 6.61 Å². The minimum absolute atomic E-state index is 0.256. The van der Waals surface area contributed by atoms with E-state index in [-0.39, 0.29) is 6.04 Å². The molecule has 2 atom stereocenters. The molecular formula is C12H18BrN3O. The molecule has 0 amide bonds. The summed E-state index contributed by atoms with van der Waals surface area (Å²) in [5, 5.41) is 0. The van der Waals surface area contributed by atoms with Gasteiger partial charge in [0.2, 0.25) is 0 Å². The molecule has 94 valence electrons. The maximum absolute atomic E-state index is 5.65. The summed E-state index contributed by atoms with van der Waals surface area (Å²) in [7, 11) is 0. The van der Waals surface area contributed by atoms with E-state index in [0.29, 0.717) is 5.92 Å². The van der Waals surface area contributed by atoms with Crippen LogP contribution in [0.2, 0.25) is 0 Å². The van der Waals surface area contributed by atoms with Crippen molar-refractivity contribution in [2.75, 3.05) is 13.2 Å². The first-order valence-corrected chi connectivity index (χ1v) is 6.72. The summed E-state index contributed by atoms with van der Waals surface area (Å²) in [6, 6.07) is 2.34. The van der Waals surface area contributed by atoms with Crippen LogP contribution in [0.3, 0.4) is 0 Å². The Morgan fingerprint density at radius 1 is 1.59 bits per heavy atom. The van der Waals surface area contributed by atoms with E-state index in [4.69, 9.17) is 10.6 Å². The van der Waals surface area contributed by atoms with E-state index < -0.39 is 0 Å². The van der Waals surface area contributed by atoms with Crippen molar-refractivity contribution < 1.29 is 4.74 Å². The zero-order chi connectivity index (χ0) is 12.1. The van der Waals surface area contributed by atoms with E-state index in [0.717, 1.165) is 30.5 Å². The van der Waals surface area contributed by atoms with Gasteiger partial charge in [0.25, 0.3) is 0 Å². The van der Waals surface area contributed by atoms with Crippen molar-refractivity contribution in [3.63, 3.8) is 0 Å². The topological polar surface area (TPSA) is 60.2 Å². The van der Waals surface area contributed by atoms with Gasteiger partial charge in [0, 0.05) is 29.5 Å². The SMILES string of the molecule is NNC(Cc1cncc(Br)c1)C1CCCOC1. The molecular weight excluding hydrogens is 282 g/mol. The zero-order valence-electron chi connectivity index (χ0n) is 9.73. The highest BCUT2D eigenvalue weighted by Gasteiger charge is 2.23. The first-order chi connectivity index (χ1) is 8.29. The maximum Gasteiger partial charge on any atom is 0.0509 e. The van der Waals surface area contributed by atoms with Crippen molar-refractivity contribution in [3.8, 4) is 0 Å². The Labute approximate surface area is 110 Å². The van der Waals surface area contributed by atoms with Crippen LogP contribution < -0.4 is 11.3 Å². The van der Waals surface area contributed by atoms with Crippen molar-refractivity contribution >= 4 is 15.9 Å². The van der Waals surface area contributed by atoms with Crippen molar-refractivity contribution in [1.29, 1.82) is 0 Å². The number of hydrogen-bond donors (Lipinski definition) is 2. The summed E-state index contributed by atoms with van der Waals surface area (Å²) in [4.78, 5) is 4.17. The number of hydrogen-bond acceptors (Lipinski definition) is 4. The Bertz CT molecular complexity index is 355. The van der Waals surface area contributed by atoms with Gasteiger partial charge >= 0.3 is 0 Å². The summed E-state index contributed by atoms with van der Waals surface area (Å²) in [5.41, 5.74) is 4.10. The number of pyridine rings is 1. The number of ether oxygens (including phenoxy) is 1. The number of hydrazine groups is 1. The minimum Gasteiger partial charge on any atom is -0.381 e. The predicted molar refractivity (Wildman–Crippen MR) is 70.3 cm³/mol. The third-order valence-electron chi connectivity index (χ3n) is 3.20. The van der Waals surface area contributed by atoms with Crippen LogP contribution in [0.1, 0.15) is 18.4 Å². The number of halogens is 1. The lowest BCUT2D eigenvalue weighted by atomic mass is 9.90. The molecule has 1 saturated heterocycles. The Morgan fingerprint density at radius 2 is 2.47 bits per heavy atom. The highest BCUT2D eigenvalue weighted by molar-refractivity contribution is 9.10. The summed E-state index contributed by atoms with van der Waals surface area (Å²) in [5.74, 6) is 6.15. The van der Waals surface area contributed by atoms with Gasteiger partial charge in [0.15, 0.2) is 0 Å². The lowest BCUT2D eigenvalue weighted by Gasteiger charge is -2.29. The van der Waals surface area contributed by atoms with Crippen LogP contribution in [0.4, 0.5) is 0 Å². The van der Waals surface area contributed by atoms with E-state index >= 15 is 0 Å². The highest BCUT2D eigenvalue weighted by Crippen LogP contribution is 2.20. The van der Waals surface area contributed by atoms with Crippen molar-refractivity contribution in [2.24, 2.45) is 11.8 Å². The molecule has 2 heterocycles. The highest BCUT2D eigenvalue weighted by atomic mass is 79.9. The molecule has 17 heavy (non-hydrogen) atoms. The van der Waals surface area contributed by atoms with E-state index in [1.807, 2.05) is 6.20 Å². The van der Waals surface area contributed by atoms with Crippen LogP contribution in [0.15, 0.2) is 22.9 Å². The van der Waals surface area contributed by atoms with Gasteiger partial charge in [-0.05, 0) is 52.7 Å². The molecule has 1 aliphatic rings. The first-order valence-electron chi connectivity index (χ1n) is 5.93. The molecule has 0 aliphatic carbocycles. The molecule has 0 aromatic carbocycles. The Hall–Kier alpha value is -0.490. The van der Waals surface area contributed by atoms with Gasteiger partial charge in [-0.1, -0.05) is 0 Å². The number of nitrogens with one attached hydrogen (secondary N) is 1. The third kappa shape index (κ3) is 3.74. The molecule has 3 N–H and O–H groups in total. The van der Waals surface area contributed by atoms with Crippen LogP contribution in [0, 0.1) is 5.92 Å². The van der Waals surface area contributed by atoms with Gasteiger partial charge in [-0.15, -0.1) is 0 Å². The van der Waals surface area contributed by atoms with E-state index in [1.165, 1.54) is 12.0 Å². The van der Waals surface area contributed by atoms with Crippen LogP contribution in [-0.4, -0.2) is 24.2 Å². The average molecular weight is 300 g/mol. The molecule has 1 aliphatic heterocycles. The van der Waals surface area contributed by atoms with Crippen molar-refractivity contribution in [1.82, 2.24) is 10.4 Å². The molecule has 0 bridgehead atoms. The molecule has 0 spiro atoms. The van der Waals surface area contributed by atoms with Gasteiger partial charge in [-0.2, -0.15) is 0 Å². The summed E-state index contributed by atoms with van der Waals surface area (Å²) in [6.45, 7) is 1.68. The minimum atomic E-state index is 0.256. The molecule has 0 saturated carbocycles. The molecule has 0 radical (unpaired) electrons. The van der Waals surface area contributed by atoms with E-state index in [9.17, 15) is 0 Å². The third-order valence-corrected chi connectivity index (χ3v) is 3.63. The summed E-state index contributed by atoms with van der Waals surface area (Å²) >= 11 is 3.43. The van der Waals surface area contributed by atoms with Gasteiger partial charge in [-0.25, -0.2) is 0 Å². The van der Waals surface area contributed by atoms with Crippen LogP contribution in [0.25, 0.3) is 0 Å². The fourth-order valence-corrected chi connectivity index (χ4v) is 2.68. The summed E-state index contributed by atoms with van der Waals surface area (Å²) < 4.78 is 6.51. The monoisotopic (exact) mass is 299 g/mol. The van der Waals surface area contributed by atoms with Crippen LogP contribution >= 0.6 is 15.9 Å². The van der Waals surface area contributed by atoms with Gasteiger partial charge in [0.1, 0.15) is 0 Å². The molecule has 5 heteroatoms. The van der Waals surface area contributed by atoms with Crippen molar-refractivity contribution in [3.05, 3.63) is 28.5 Å². The van der Waals surface area contributed by atoms with Gasteiger partial charge < -0.3 is 4.74 Å². The standard InChI is InChI=1S/C12H18BrN3O/c13-11-4-9(6-15-7-11)5-12(16-14)10-2-1-3-17-8-10/h4,6-7,10,12,16H,1-3,5,8,14H2. The fraction of sp³-hybridized carbons (Fsp3) is 0.583. The maximum atomic E-state index is 5.65. The second-order valence-corrected chi connectivity index (χ2v) is 5.38. The smallest absolute Gasteiger partial charge is 0.0509 e. The van der Waals surface area contributed by atoms with Gasteiger partial charge in [-0.3, -0.25) is 16.3 Å². The lowest BCUT2D eigenvalue weighted by Crippen LogP contribution is -2.45. The van der Waals surface area contributed by atoms with E-state index in [1.54, 1.807) is 6.20 Å². The molecule has 2 unspecified atom stereocenters. The van der Waals surface area contributed by atoms with Crippen LogP contribution in [-0.2, 0) is 11.2 Å². The number of nitrogens with two attached hydrogens (primary N) is 1. The first kappa shape index (κ1) is 13.0. The quantitative estimate of drug-likeness (QED) is 0.655. The number of aromatic nitrogens is 1. The average Bonchev–Trinajstić information content (AvgIpc) is 2.37. The van der Waals surface area contributed by atoms with Crippen molar-refractivity contribution in [2.45, 2.75) is 25.3 Å². The lowest BCUT2D eigenvalue weighted by molar-refractivity contribution is 0.0393. The predicted octanol–water partition coefficient (Wildman–Crippen LogP) is 1.65. The Kier molecular flexibility index (Phi) is 4.91. The fourth-order valence-electron chi connectivity index (χ4n) is 2.27.